The van der Waals surface area contributed by atoms with Gasteiger partial charge in [0.05, 0.1) is 11.9 Å². The van der Waals surface area contributed by atoms with Crippen LogP contribution < -0.4 is 10.6 Å². The lowest BCUT2D eigenvalue weighted by atomic mass is 10.3. The number of nitrogens with one attached hydrogen (secondary N) is 2. The summed E-state index contributed by atoms with van der Waals surface area (Å²) >= 11 is 0. The van der Waals surface area contributed by atoms with Crippen LogP contribution in [0.5, 0.6) is 0 Å². The Balaban J connectivity index is 2.06. The molecule has 0 unspecified atom stereocenters. The molecule has 2 rings (SSSR count). The van der Waals surface area contributed by atoms with Crippen LogP contribution in [0.3, 0.4) is 0 Å². The second kappa shape index (κ2) is 5.31. The molecule has 94 valence electrons. The second-order valence-electron chi connectivity index (χ2n) is 3.70. The molecule has 2 aromatic rings. The van der Waals surface area contributed by atoms with Crippen molar-refractivity contribution in [2.24, 2.45) is 0 Å². The molecule has 0 aliphatic rings. The van der Waals surface area contributed by atoms with Crippen molar-refractivity contribution in [3.8, 4) is 5.69 Å². The first-order valence-corrected chi connectivity index (χ1v) is 5.44. The molecule has 18 heavy (non-hydrogen) atoms. The van der Waals surface area contributed by atoms with Crippen LogP contribution in [-0.4, -0.2) is 22.9 Å². The van der Waals surface area contributed by atoms with Crippen LogP contribution in [0.4, 0.5) is 9.18 Å². The zero-order valence-electron chi connectivity index (χ0n) is 9.85. The third-order valence-corrected chi connectivity index (χ3v) is 2.41. The van der Waals surface area contributed by atoms with Crippen molar-refractivity contribution in [3.63, 3.8) is 0 Å². The molecule has 5 nitrogen and oxygen atoms in total. The lowest BCUT2D eigenvalue weighted by Crippen LogP contribution is -2.31. The largest absolute Gasteiger partial charge is 0.341 e. The number of carbonyl (C=O) groups excluding carboxylic acids is 1. The summed E-state index contributed by atoms with van der Waals surface area (Å²) < 4.78 is 14.4. The lowest BCUT2D eigenvalue weighted by Gasteiger charge is -2.01. The molecule has 0 bridgehead atoms. The average molecular weight is 248 g/mol. The molecule has 0 spiro atoms. The zero-order chi connectivity index (χ0) is 13.0. The maximum absolute atomic E-state index is 12.8. The molecule has 0 radical (unpaired) electrons. The summed E-state index contributed by atoms with van der Waals surface area (Å²) in [6.45, 7) is 0.390. The third-order valence-electron chi connectivity index (χ3n) is 2.41. The van der Waals surface area contributed by atoms with Crippen molar-refractivity contribution in [1.29, 1.82) is 0 Å². The molecule has 0 atom stereocenters. The van der Waals surface area contributed by atoms with Gasteiger partial charge in [0.25, 0.3) is 0 Å². The summed E-state index contributed by atoms with van der Waals surface area (Å²) in [5, 5.41) is 9.26. The predicted molar refractivity (Wildman–Crippen MR) is 64.8 cm³/mol. The van der Waals surface area contributed by atoms with Gasteiger partial charge in [-0.2, -0.15) is 5.10 Å². The van der Waals surface area contributed by atoms with E-state index < -0.39 is 0 Å². The minimum absolute atomic E-state index is 0.246. The van der Waals surface area contributed by atoms with E-state index in [4.69, 9.17) is 0 Å². The Bertz CT molecular complexity index is 535. The minimum atomic E-state index is -0.285. The average Bonchev–Trinajstić information content (AvgIpc) is 2.85. The molecule has 2 N–H and O–H groups in total. The molecule has 2 amide bonds. The van der Waals surface area contributed by atoms with Gasteiger partial charge < -0.3 is 10.6 Å². The van der Waals surface area contributed by atoms with Gasteiger partial charge in [-0.15, -0.1) is 0 Å². The van der Waals surface area contributed by atoms with Gasteiger partial charge in [0.2, 0.25) is 0 Å². The summed E-state index contributed by atoms with van der Waals surface area (Å²) in [4.78, 5) is 11.0. The lowest BCUT2D eigenvalue weighted by molar-refractivity contribution is 0.242. The zero-order valence-corrected chi connectivity index (χ0v) is 9.85. The summed E-state index contributed by atoms with van der Waals surface area (Å²) in [6.07, 6.45) is 3.43. The Hall–Kier alpha value is -2.37. The first-order chi connectivity index (χ1) is 8.69. The molecule has 0 aliphatic heterocycles. The van der Waals surface area contributed by atoms with Crippen LogP contribution in [0.2, 0.25) is 0 Å². The number of carbonyl (C=O) groups is 1. The topological polar surface area (TPSA) is 59.0 Å². The number of hydrogen-bond acceptors (Lipinski definition) is 2. The Morgan fingerprint density at radius 3 is 2.78 bits per heavy atom. The monoisotopic (exact) mass is 248 g/mol. The normalized spacial score (nSPS) is 10.1. The van der Waals surface area contributed by atoms with E-state index in [1.54, 1.807) is 36.3 Å². The van der Waals surface area contributed by atoms with Gasteiger partial charge in [0.15, 0.2) is 0 Å². The van der Waals surface area contributed by atoms with Crippen molar-refractivity contribution >= 4 is 6.03 Å². The summed E-state index contributed by atoms with van der Waals surface area (Å²) in [5.41, 5.74) is 1.63. The quantitative estimate of drug-likeness (QED) is 0.863. The molecule has 1 heterocycles. The number of halogens is 1. The fourth-order valence-corrected chi connectivity index (χ4v) is 1.46. The number of rotatable bonds is 3. The van der Waals surface area contributed by atoms with E-state index in [0.29, 0.717) is 6.54 Å². The number of amides is 2. The minimum Gasteiger partial charge on any atom is -0.341 e. The van der Waals surface area contributed by atoms with Gasteiger partial charge in [-0.3, -0.25) is 0 Å². The predicted octanol–water partition coefficient (Wildman–Crippen LogP) is 1.44. The number of urea groups is 1. The third kappa shape index (κ3) is 2.85. The van der Waals surface area contributed by atoms with Crippen LogP contribution in [0.1, 0.15) is 5.56 Å². The van der Waals surface area contributed by atoms with Crippen LogP contribution in [0, 0.1) is 5.82 Å². The van der Waals surface area contributed by atoms with E-state index in [1.807, 2.05) is 0 Å². The standard InChI is InChI=1S/C12H13FN4O/c1-14-12(18)15-6-9-7-16-17(8-9)11-4-2-10(13)3-5-11/h2-5,7-8H,6H2,1H3,(H2,14,15,18). The Labute approximate surface area is 104 Å². The van der Waals surface area contributed by atoms with Crippen LogP contribution in [0.15, 0.2) is 36.7 Å². The smallest absolute Gasteiger partial charge is 0.314 e. The Morgan fingerprint density at radius 1 is 1.39 bits per heavy atom. The van der Waals surface area contributed by atoms with Crippen molar-refractivity contribution in [1.82, 2.24) is 20.4 Å². The van der Waals surface area contributed by atoms with Crippen LogP contribution in [-0.2, 0) is 6.54 Å². The molecular formula is C12H13FN4O. The summed E-state index contributed by atoms with van der Waals surface area (Å²) in [7, 11) is 1.55. The molecule has 0 saturated carbocycles. The molecular weight excluding hydrogens is 235 g/mol. The van der Waals surface area contributed by atoms with Crippen molar-refractivity contribution in [2.75, 3.05) is 7.05 Å². The van der Waals surface area contributed by atoms with Crippen molar-refractivity contribution in [2.45, 2.75) is 6.54 Å². The second-order valence-corrected chi connectivity index (χ2v) is 3.70. The van der Waals surface area contributed by atoms with Crippen LogP contribution in [0.25, 0.3) is 5.69 Å². The van der Waals surface area contributed by atoms with Gasteiger partial charge >= 0.3 is 6.03 Å². The maximum atomic E-state index is 12.8. The molecule has 0 saturated heterocycles. The van der Waals surface area contributed by atoms with E-state index >= 15 is 0 Å². The highest BCUT2D eigenvalue weighted by atomic mass is 19.1. The van der Waals surface area contributed by atoms with Crippen LogP contribution >= 0.6 is 0 Å². The van der Waals surface area contributed by atoms with Crippen molar-refractivity contribution < 1.29 is 9.18 Å². The Kier molecular flexibility index (Phi) is 3.57. The van der Waals surface area contributed by atoms with E-state index in [0.717, 1.165) is 11.3 Å². The Morgan fingerprint density at radius 2 is 2.11 bits per heavy atom. The van der Waals surface area contributed by atoms with Gasteiger partial charge in [-0.1, -0.05) is 0 Å². The molecule has 1 aromatic carbocycles. The fraction of sp³-hybridized carbons (Fsp3) is 0.167. The van der Waals surface area contributed by atoms with Gasteiger partial charge in [-0.25, -0.2) is 13.9 Å². The van der Waals surface area contributed by atoms with Gasteiger partial charge in [0, 0.05) is 25.4 Å². The highest BCUT2D eigenvalue weighted by Crippen LogP contribution is 2.09. The molecule has 1 aromatic heterocycles. The number of hydrogen-bond donors (Lipinski definition) is 2. The van der Waals surface area contributed by atoms with E-state index in [2.05, 4.69) is 15.7 Å². The number of aromatic nitrogens is 2. The molecule has 6 heteroatoms. The SMILES string of the molecule is CNC(=O)NCc1cnn(-c2ccc(F)cc2)c1. The first-order valence-electron chi connectivity index (χ1n) is 5.44. The number of nitrogens with zero attached hydrogens (tertiary/aromatic N) is 2. The maximum Gasteiger partial charge on any atom is 0.314 e. The molecule has 0 aliphatic carbocycles. The highest BCUT2D eigenvalue weighted by molar-refractivity contribution is 5.73. The number of benzene rings is 1. The first kappa shape index (κ1) is 12.1. The summed E-state index contributed by atoms with van der Waals surface area (Å²) in [6, 6.07) is 5.78. The van der Waals surface area contributed by atoms with Crippen molar-refractivity contribution in [3.05, 3.63) is 48.0 Å². The molecule has 0 fully saturated rings. The van der Waals surface area contributed by atoms with Gasteiger partial charge in [0.1, 0.15) is 5.82 Å². The fourth-order valence-electron chi connectivity index (χ4n) is 1.46. The summed E-state index contributed by atoms with van der Waals surface area (Å²) in [5.74, 6) is -0.285. The van der Waals surface area contributed by atoms with E-state index in [9.17, 15) is 9.18 Å². The highest BCUT2D eigenvalue weighted by Gasteiger charge is 2.02. The van der Waals surface area contributed by atoms with Gasteiger partial charge in [-0.05, 0) is 24.3 Å². The van der Waals surface area contributed by atoms with E-state index in [1.165, 1.54) is 12.1 Å². The van der Waals surface area contributed by atoms with E-state index in [-0.39, 0.29) is 11.8 Å².